The van der Waals surface area contributed by atoms with Crippen LogP contribution in [0.1, 0.15) is 45.1 Å². The van der Waals surface area contributed by atoms with Gasteiger partial charge in [0.15, 0.2) is 0 Å². The van der Waals surface area contributed by atoms with Crippen molar-refractivity contribution in [3.05, 3.63) is 30.1 Å². The molecule has 1 aromatic rings. The van der Waals surface area contributed by atoms with Gasteiger partial charge in [-0.1, -0.05) is 0 Å². The van der Waals surface area contributed by atoms with Crippen molar-refractivity contribution in [1.82, 2.24) is 14.2 Å². The molecule has 1 spiro atoms. The van der Waals surface area contributed by atoms with Gasteiger partial charge in [0.2, 0.25) is 15.9 Å². The Kier molecular flexibility index (Phi) is 5.16. The van der Waals surface area contributed by atoms with Crippen LogP contribution in [0, 0.1) is 5.41 Å². The molecule has 0 bridgehead atoms. The lowest BCUT2D eigenvalue weighted by Gasteiger charge is -2.48. The van der Waals surface area contributed by atoms with E-state index in [0.717, 1.165) is 24.8 Å². The third kappa shape index (κ3) is 3.87. The second-order valence-corrected chi connectivity index (χ2v) is 10.1. The minimum absolute atomic E-state index is 0.110. The molecule has 6 nitrogen and oxygen atoms in total. The Bertz CT molecular complexity index is 720. The first kappa shape index (κ1) is 18.3. The normalized spacial score (nSPS) is 25.7. The molecule has 2 fully saturated rings. The number of sulfonamides is 1. The molecule has 3 rings (SSSR count). The maximum absolute atomic E-state index is 12.6. The van der Waals surface area contributed by atoms with Crippen molar-refractivity contribution in [2.24, 2.45) is 5.41 Å². The van der Waals surface area contributed by atoms with Crippen molar-refractivity contribution in [2.45, 2.75) is 51.3 Å². The quantitative estimate of drug-likeness (QED) is 0.818. The fourth-order valence-electron chi connectivity index (χ4n) is 3.97. The van der Waals surface area contributed by atoms with Crippen LogP contribution >= 0.6 is 0 Å². The molecule has 0 aliphatic carbocycles. The van der Waals surface area contributed by atoms with Gasteiger partial charge in [0.05, 0.1) is 5.25 Å². The van der Waals surface area contributed by atoms with E-state index in [0.29, 0.717) is 32.6 Å². The largest absolute Gasteiger partial charge is 0.338 e. The highest BCUT2D eigenvalue weighted by Gasteiger charge is 2.44. The van der Waals surface area contributed by atoms with Crippen molar-refractivity contribution in [3.63, 3.8) is 0 Å². The predicted octanol–water partition coefficient (Wildman–Crippen LogP) is 2.02. The van der Waals surface area contributed by atoms with Gasteiger partial charge in [-0.2, -0.15) is 0 Å². The molecule has 1 aromatic heterocycles. The highest BCUT2D eigenvalue weighted by Crippen LogP contribution is 2.40. The van der Waals surface area contributed by atoms with Crippen LogP contribution in [0.4, 0.5) is 0 Å². The molecule has 2 aliphatic rings. The number of rotatable bonds is 4. The Balaban J connectivity index is 1.76. The average Bonchev–Trinajstić information content (AvgIpc) is 2.59. The summed E-state index contributed by atoms with van der Waals surface area (Å²) in [6.45, 7) is 5.81. The van der Waals surface area contributed by atoms with Crippen molar-refractivity contribution in [1.29, 1.82) is 0 Å². The first-order chi connectivity index (χ1) is 11.8. The molecule has 1 unspecified atom stereocenters. The maximum atomic E-state index is 12.6. The summed E-state index contributed by atoms with van der Waals surface area (Å²) in [4.78, 5) is 18.3. The maximum Gasteiger partial charge on any atom is 0.222 e. The highest BCUT2D eigenvalue weighted by molar-refractivity contribution is 7.89. The van der Waals surface area contributed by atoms with Gasteiger partial charge in [0.25, 0.3) is 0 Å². The van der Waals surface area contributed by atoms with Gasteiger partial charge in [-0.3, -0.25) is 9.78 Å². The topological polar surface area (TPSA) is 70.6 Å². The lowest BCUT2D eigenvalue weighted by molar-refractivity contribution is -0.139. The molecule has 138 valence electrons. The molecule has 25 heavy (non-hydrogen) atoms. The van der Waals surface area contributed by atoms with Crippen LogP contribution in [0.2, 0.25) is 0 Å². The Labute approximate surface area is 150 Å². The van der Waals surface area contributed by atoms with Crippen LogP contribution in [0.5, 0.6) is 0 Å². The Morgan fingerprint density at radius 2 is 1.92 bits per heavy atom. The van der Waals surface area contributed by atoms with Gasteiger partial charge in [0.1, 0.15) is 0 Å². The SMILES string of the molecule is CC(C)S(=O)(=O)N1CCCC2(CCC(=O)N(Cc3ccncc3)C2)C1. The van der Waals surface area contributed by atoms with Crippen LogP contribution in [-0.4, -0.2) is 53.4 Å². The zero-order chi connectivity index (χ0) is 18.1. The number of pyridine rings is 1. The number of piperidine rings is 2. The fourth-order valence-corrected chi connectivity index (χ4v) is 5.40. The monoisotopic (exact) mass is 365 g/mol. The van der Waals surface area contributed by atoms with Crippen molar-refractivity contribution < 1.29 is 13.2 Å². The number of nitrogens with zero attached hydrogens (tertiary/aromatic N) is 3. The van der Waals surface area contributed by atoms with E-state index in [4.69, 9.17) is 0 Å². The molecule has 1 amide bonds. The van der Waals surface area contributed by atoms with E-state index in [2.05, 4.69) is 4.98 Å². The van der Waals surface area contributed by atoms with Crippen molar-refractivity contribution in [2.75, 3.05) is 19.6 Å². The number of carbonyl (C=O) groups excluding carboxylic acids is 1. The number of hydrogen-bond acceptors (Lipinski definition) is 4. The minimum atomic E-state index is -3.24. The summed E-state index contributed by atoms with van der Waals surface area (Å²) >= 11 is 0. The number of hydrogen-bond donors (Lipinski definition) is 0. The molecular weight excluding hydrogens is 338 g/mol. The standard InChI is InChI=1S/C18H27N3O3S/c1-15(2)25(23,24)21-11-3-7-18(14-21)8-4-17(22)20(13-18)12-16-5-9-19-10-6-16/h5-6,9-10,15H,3-4,7-8,11-14H2,1-2H3. The molecule has 0 aromatic carbocycles. The number of aromatic nitrogens is 1. The zero-order valence-electron chi connectivity index (χ0n) is 15.0. The van der Waals surface area contributed by atoms with Crippen molar-refractivity contribution in [3.8, 4) is 0 Å². The Morgan fingerprint density at radius 1 is 1.20 bits per heavy atom. The van der Waals surface area contributed by atoms with E-state index in [1.807, 2.05) is 17.0 Å². The molecule has 0 radical (unpaired) electrons. The lowest BCUT2D eigenvalue weighted by Crippen LogP contribution is -2.55. The van der Waals surface area contributed by atoms with E-state index in [-0.39, 0.29) is 11.3 Å². The number of likely N-dealkylation sites (tertiary alicyclic amines) is 1. The molecule has 0 saturated carbocycles. The molecule has 2 saturated heterocycles. The summed E-state index contributed by atoms with van der Waals surface area (Å²) in [7, 11) is -3.24. The summed E-state index contributed by atoms with van der Waals surface area (Å²) in [5.74, 6) is 0.159. The van der Waals surface area contributed by atoms with Gasteiger partial charge in [-0.25, -0.2) is 12.7 Å². The Morgan fingerprint density at radius 3 is 2.60 bits per heavy atom. The summed E-state index contributed by atoms with van der Waals surface area (Å²) < 4.78 is 26.8. The van der Waals surface area contributed by atoms with Gasteiger partial charge in [0, 0.05) is 50.4 Å². The van der Waals surface area contributed by atoms with E-state index in [1.54, 1.807) is 30.5 Å². The Hall–Kier alpha value is -1.47. The molecule has 2 aliphatic heterocycles. The summed E-state index contributed by atoms with van der Waals surface area (Å²) in [6.07, 6.45) is 6.60. The van der Waals surface area contributed by atoms with Gasteiger partial charge >= 0.3 is 0 Å². The van der Waals surface area contributed by atoms with Crippen LogP contribution < -0.4 is 0 Å². The third-order valence-corrected chi connectivity index (χ3v) is 7.68. The smallest absolute Gasteiger partial charge is 0.222 e. The average molecular weight is 365 g/mol. The molecule has 1 atom stereocenters. The van der Waals surface area contributed by atoms with E-state index >= 15 is 0 Å². The second kappa shape index (κ2) is 7.03. The lowest BCUT2D eigenvalue weighted by atomic mass is 9.74. The second-order valence-electron chi connectivity index (χ2n) is 7.64. The van der Waals surface area contributed by atoms with Crippen LogP contribution in [0.15, 0.2) is 24.5 Å². The van der Waals surface area contributed by atoms with Crippen molar-refractivity contribution >= 4 is 15.9 Å². The molecule has 3 heterocycles. The van der Waals surface area contributed by atoms with E-state index in [9.17, 15) is 13.2 Å². The highest BCUT2D eigenvalue weighted by atomic mass is 32.2. The van der Waals surface area contributed by atoms with Gasteiger partial charge < -0.3 is 4.90 Å². The first-order valence-corrected chi connectivity index (χ1v) is 10.5. The van der Waals surface area contributed by atoms with Crippen LogP contribution in [0.25, 0.3) is 0 Å². The first-order valence-electron chi connectivity index (χ1n) is 8.98. The molecule has 7 heteroatoms. The van der Waals surface area contributed by atoms with E-state index in [1.165, 1.54) is 0 Å². The van der Waals surface area contributed by atoms with Gasteiger partial charge in [-0.05, 0) is 50.8 Å². The van der Waals surface area contributed by atoms with Gasteiger partial charge in [-0.15, -0.1) is 0 Å². The summed E-state index contributed by atoms with van der Waals surface area (Å²) in [5.41, 5.74) is 0.948. The van der Waals surface area contributed by atoms with E-state index < -0.39 is 15.3 Å². The predicted molar refractivity (Wildman–Crippen MR) is 96.2 cm³/mol. The third-order valence-electron chi connectivity index (χ3n) is 5.45. The summed E-state index contributed by atoms with van der Waals surface area (Å²) in [6, 6.07) is 3.84. The number of carbonyl (C=O) groups is 1. The zero-order valence-corrected chi connectivity index (χ0v) is 15.8. The number of amides is 1. The minimum Gasteiger partial charge on any atom is -0.338 e. The summed E-state index contributed by atoms with van der Waals surface area (Å²) in [5, 5.41) is -0.402. The molecule has 0 N–H and O–H groups in total. The van der Waals surface area contributed by atoms with Crippen LogP contribution in [-0.2, 0) is 21.4 Å². The fraction of sp³-hybridized carbons (Fsp3) is 0.667. The van der Waals surface area contributed by atoms with Crippen LogP contribution in [0.3, 0.4) is 0 Å². The molecular formula is C18H27N3O3S.